The van der Waals surface area contributed by atoms with Crippen LogP contribution in [-0.4, -0.2) is 35.4 Å². The van der Waals surface area contributed by atoms with Crippen LogP contribution >= 0.6 is 11.8 Å². The molecule has 2 heterocycles. The molecule has 80 valence electrons. The van der Waals surface area contributed by atoms with Crippen LogP contribution in [0.5, 0.6) is 0 Å². The lowest BCUT2D eigenvalue weighted by atomic mass is 10.2. The van der Waals surface area contributed by atoms with Crippen LogP contribution in [0.25, 0.3) is 0 Å². The second kappa shape index (κ2) is 4.66. The van der Waals surface area contributed by atoms with Gasteiger partial charge in [0.25, 0.3) is 0 Å². The van der Waals surface area contributed by atoms with E-state index in [4.69, 9.17) is 0 Å². The predicted molar refractivity (Wildman–Crippen MR) is 63.8 cm³/mol. The highest BCUT2D eigenvalue weighted by Gasteiger charge is 2.21. The number of carbonyl (C=O) groups excluding carboxylic acids is 1. The zero-order valence-corrected chi connectivity index (χ0v) is 9.54. The molecule has 0 amide bonds. The third-order valence-electron chi connectivity index (χ3n) is 2.58. The average Bonchev–Trinajstić information content (AvgIpc) is 2.30. The normalized spacial score (nSPS) is 21.4. The molecule has 4 heteroatoms. The van der Waals surface area contributed by atoms with Gasteiger partial charge in [-0.05, 0) is 19.1 Å². The lowest BCUT2D eigenvalue weighted by Crippen LogP contribution is -2.41. The highest BCUT2D eigenvalue weighted by atomic mass is 32.2. The lowest BCUT2D eigenvalue weighted by Gasteiger charge is -2.34. The Kier molecular flexibility index (Phi) is 3.26. The minimum Gasteiger partial charge on any atom is -0.352 e. The van der Waals surface area contributed by atoms with Crippen molar-refractivity contribution in [3.63, 3.8) is 0 Å². The maximum absolute atomic E-state index is 10.9. The number of hydrogen-bond donors (Lipinski definition) is 0. The van der Waals surface area contributed by atoms with Gasteiger partial charge in [0, 0.05) is 30.3 Å². The fourth-order valence-electron chi connectivity index (χ4n) is 1.78. The molecule has 2 rings (SSSR count). The van der Waals surface area contributed by atoms with E-state index in [2.05, 4.69) is 16.8 Å². The topological polar surface area (TPSA) is 33.2 Å². The van der Waals surface area contributed by atoms with Gasteiger partial charge in [-0.25, -0.2) is 4.98 Å². The Morgan fingerprint density at radius 3 is 3.27 bits per heavy atom. The molecule has 1 aromatic heterocycles. The molecule has 15 heavy (non-hydrogen) atoms. The highest BCUT2D eigenvalue weighted by Crippen LogP contribution is 2.23. The average molecular weight is 222 g/mol. The molecule has 0 aliphatic carbocycles. The number of aromatic nitrogens is 1. The molecule has 0 bridgehead atoms. The summed E-state index contributed by atoms with van der Waals surface area (Å²) < 4.78 is 0. The number of carbonyl (C=O) groups is 1. The molecule has 0 radical (unpaired) electrons. The van der Waals surface area contributed by atoms with Crippen LogP contribution in [0.1, 0.15) is 17.3 Å². The molecule has 1 fully saturated rings. The third kappa shape index (κ3) is 2.15. The van der Waals surface area contributed by atoms with E-state index in [9.17, 15) is 4.79 Å². The molecule has 3 nitrogen and oxygen atoms in total. The molecule has 0 spiro atoms. The number of hydrogen-bond acceptors (Lipinski definition) is 4. The summed E-state index contributed by atoms with van der Waals surface area (Å²) in [6.07, 6.45) is 2.63. The second-order valence-corrected chi connectivity index (χ2v) is 4.80. The van der Waals surface area contributed by atoms with Gasteiger partial charge >= 0.3 is 0 Å². The van der Waals surface area contributed by atoms with Crippen molar-refractivity contribution in [2.24, 2.45) is 0 Å². The zero-order valence-electron chi connectivity index (χ0n) is 8.72. The van der Waals surface area contributed by atoms with Crippen LogP contribution in [0, 0.1) is 0 Å². The van der Waals surface area contributed by atoms with Gasteiger partial charge in [-0.15, -0.1) is 0 Å². The summed E-state index contributed by atoms with van der Waals surface area (Å²) in [6, 6.07) is 4.08. The van der Waals surface area contributed by atoms with Crippen LogP contribution in [0.2, 0.25) is 0 Å². The van der Waals surface area contributed by atoms with Gasteiger partial charge in [0.15, 0.2) is 6.29 Å². The maximum Gasteiger partial charge on any atom is 0.153 e. The Hall–Kier alpha value is -1.03. The first-order valence-electron chi connectivity index (χ1n) is 5.07. The zero-order chi connectivity index (χ0) is 10.7. The van der Waals surface area contributed by atoms with E-state index < -0.39 is 0 Å². The fourth-order valence-corrected chi connectivity index (χ4v) is 2.80. The standard InChI is InChI=1S/C11H14N2OS/c1-9-8-15-6-5-13(9)11-10(7-14)3-2-4-12-11/h2-4,7,9H,5-6,8H2,1H3. The van der Waals surface area contributed by atoms with Crippen molar-refractivity contribution in [3.8, 4) is 0 Å². The molecule has 1 aliphatic heterocycles. The SMILES string of the molecule is CC1CSCCN1c1ncccc1C=O. The predicted octanol–water partition coefficient (Wildman–Crippen LogP) is 1.84. The van der Waals surface area contributed by atoms with Crippen LogP contribution in [0.4, 0.5) is 5.82 Å². The van der Waals surface area contributed by atoms with Crippen LogP contribution in [-0.2, 0) is 0 Å². The van der Waals surface area contributed by atoms with E-state index in [0.717, 1.165) is 30.2 Å². The number of aldehydes is 1. The number of rotatable bonds is 2. The molecule has 1 aromatic rings. The summed E-state index contributed by atoms with van der Waals surface area (Å²) in [5.74, 6) is 3.05. The van der Waals surface area contributed by atoms with Gasteiger partial charge < -0.3 is 4.90 Å². The van der Waals surface area contributed by atoms with E-state index in [0.29, 0.717) is 11.6 Å². The first-order valence-corrected chi connectivity index (χ1v) is 6.23. The van der Waals surface area contributed by atoms with Crippen LogP contribution in [0.3, 0.4) is 0 Å². The summed E-state index contributed by atoms with van der Waals surface area (Å²) in [6.45, 7) is 3.15. The van der Waals surface area contributed by atoms with E-state index in [1.807, 2.05) is 17.8 Å². The minimum absolute atomic E-state index is 0.456. The van der Waals surface area contributed by atoms with Gasteiger partial charge in [-0.1, -0.05) is 0 Å². The van der Waals surface area contributed by atoms with Gasteiger partial charge in [0.1, 0.15) is 5.82 Å². The molecular formula is C11H14N2OS. The van der Waals surface area contributed by atoms with Gasteiger partial charge in [0.05, 0.1) is 5.56 Å². The van der Waals surface area contributed by atoms with Crippen molar-refractivity contribution >= 4 is 23.9 Å². The first-order chi connectivity index (χ1) is 7.33. The second-order valence-electron chi connectivity index (χ2n) is 3.65. The van der Waals surface area contributed by atoms with E-state index in [-0.39, 0.29) is 0 Å². The summed E-state index contributed by atoms with van der Waals surface area (Å²) >= 11 is 1.96. The Morgan fingerprint density at radius 1 is 1.67 bits per heavy atom. The summed E-state index contributed by atoms with van der Waals surface area (Å²) in [4.78, 5) is 17.4. The van der Waals surface area contributed by atoms with Gasteiger partial charge in [0.2, 0.25) is 0 Å². The Bertz CT molecular complexity index is 356. The number of anilines is 1. The summed E-state index contributed by atoms with van der Waals surface area (Å²) in [5.41, 5.74) is 0.691. The van der Waals surface area contributed by atoms with Crippen molar-refractivity contribution in [1.29, 1.82) is 0 Å². The van der Waals surface area contributed by atoms with Crippen molar-refractivity contribution in [2.45, 2.75) is 13.0 Å². The molecule has 0 saturated carbocycles. The van der Waals surface area contributed by atoms with Crippen molar-refractivity contribution in [1.82, 2.24) is 4.98 Å². The van der Waals surface area contributed by atoms with Crippen molar-refractivity contribution in [3.05, 3.63) is 23.9 Å². The Labute approximate surface area is 93.9 Å². The van der Waals surface area contributed by atoms with Crippen molar-refractivity contribution < 1.29 is 4.79 Å². The molecule has 1 atom stereocenters. The summed E-state index contributed by atoms with van der Waals surface area (Å²) in [5, 5.41) is 0. The molecule has 0 N–H and O–H groups in total. The van der Waals surface area contributed by atoms with E-state index in [1.165, 1.54) is 0 Å². The third-order valence-corrected chi connectivity index (χ3v) is 3.77. The van der Waals surface area contributed by atoms with Crippen LogP contribution < -0.4 is 4.90 Å². The molecule has 1 saturated heterocycles. The van der Waals surface area contributed by atoms with E-state index in [1.54, 1.807) is 12.3 Å². The highest BCUT2D eigenvalue weighted by molar-refractivity contribution is 7.99. The quantitative estimate of drug-likeness (QED) is 0.715. The van der Waals surface area contributed by atoms with Crippen molar-refractivity contribution in [2.75, 3.05) is 23.0 Å². The molecule has 1 aliphatic rings. The van der Waals surface area contributed by atoms with Gasteiger partial charge in [-0.2, -0.15) is 11.8 Å². The number of pyridine rings is 1. The largest absolute Gasteiger partial charge is 0.352 e. The molecular weight excluding hydrogens is 208 g/mol. The smallest absolute Gasteiger partial charge is 0.153 e. The fraction of sp³-hybridized carbons (Fsp3) is 0.455. The first kappa shape index (κ1) is 10.5. The number of thioether (sulfide) groups is 1. The molecule has 1 unspecified atom stereocenters. The van der Waals surface area contributed by atoms with Crippen LogP contribution in [0.15, 0.2) is 18.3 Å². The Morgan fingerprint density at radius 2 is 2.53 bits per heavy atom. The lowest BCUT2D eigenvalue weighted by molar-refractivity contribution is 0.112. The minimum atomic E-state index is 0.456. The molecule has 0 aromatic carbocycles. The monoisotopic (exact) mass is 222 g/mol. The number of nitrogens with zero attached hydrogens (tertiary/aromatic N) is 2. The van der Waals surface area contributed by atoms with E-state index >= 15 is 0 Å². The Balaban J connectivity index is 2.30. The van der Waals surface area contributed by atoms with Gasteiger partial charge in [-0.3, -0.25) is 4.79 Å². The maximum atomic E-state index is 10.9. The summed E-state index contributed by atoms with van der Waals surface area (Å²) in [7, 11) is 0.